The fourth-order valence-electron chi connectivity index (χ4n) is 4.40. The Labute approximate surface area is 250 Å². The average molecular weight is 648 g/mol. The molecule has 0 aliphatic heterocycles. The van der Waals surface area contributed by atoms with Crippen LogP contribution < -0.4 is 9.47 Å². The van der Waals surface area contributed by atoms with E-state index in [1.54, 1.807) is 50.1 Å². The lowest BCUT2D eigenvalue weighted by atomic mass is 10.0. The topological polar surface area (TPSA) is 55.8 Å². The van der Waals surface area contributed by atoms with Gasteiger partial charge >= 0.3 is 0 Å². The van der Waals surface area contributed by atoms with Gasteiger partial charge in [-0.05, 0) is 110 Å². The SMILES string of the molecule is Cc1ccc(O[C@H](CCN(C)C(=O)C(C)(C)Oc2ccc(C(=O)c3ccc(I)cc3)cc2)c2ccccc2)cc1. The molecule has 0 aliphatic carbocycles. The minimum Gasteiger partial charge on any atom is -0.486 e. The lowest BCUT2D eigenvalue weighted by Crippen LogP contribution is -2.47. The molecule has 0 aromatic heterocycles. The summed E-state index contributed by atoms with van der Waals surface area (Å²) in [7, 11) is 1.78. The van der Waals surface area contributed by atoms with Gasteiger partial charge in [-0.3, -0.25) is 9.59 Å². The van der Waals surface area contributed by atoms with E-state index in [4.69, 9.17) is 9.47 Å². The maximum Gasteiger partial charge on any atom is 0.265 e. The van der Waals surface area contributed by atoms with E-state index in [1.807, 2.05) is 85.8 Å². The van der Waals surface area contributed by atoms with Crippen molar-refractivity contribution in [1.82, 2.24) is 4.90 Å². The van der Waals surface area contributed by atoms with Gasteiger partial charge in [0.25, 0.3) is 5.91 Å². The number of aryl methyl sites for hydroxylation is 1. The summed E-state index contributed by atoms with van der Waals surface area (Å²) in [6, 6.07) is 32.4. The molecule has 1 atom stereocenters. The molecule has 0 N–H and O–H groups in total. The average Bonchev–Trinajstić information content (AvgIpc) is 2.96. The number of ketones is 1. The number of hydrogen-bond acceptors (Lipinski definition) is 4. The zero-order valence-corrected chi connectivity index (χ0v) is 25.4. The predicted octanol–water partition coefficient (Wildman–Crippen LogP) is 7.66. The summed E-state index contributed by atoms with van der Waals surface area (Å²) in [5, 5.41) is 0. The summed E-state index contributed by atoms with van der Waals surface area (Å²) in [5.74, 6) is 1.12. The molecule has 6 heteroatoms. The van der Waals surface area contributed by atoms with Gasteiger partial charge in [0.1, 0.15) is 17.6 Å². The standard InChI is InChI=1S/C34H34INO4/c1-24-10-18-29(19-11-24)39-31(25-8-6-5-7-9-25)22-23-36(4)33(38)34(2,3)40-30-20-14-27(15-21-30)32(37)26-12-16-28(35)17-13-26/h5-21,31H,22-23H2,1-4H3/t31-/m1/s1. The van der Waals surface area contributed by atoms with Crippen molar-refractivity contribution in [2.45, 2.75) is 38.9 Å². The lowest BCUT2D eigenvalue weighted by molar-refractivity contribution is -0.144. The van der Waals surface area contributed by atoms with Crippen LogP contribution in [0.3, 0.4) is 0 Å². The summed E-state index contributed by atoms with van der Waals surface area (Å²) in [6.45, 7) is 6.05. The van der Waals surface area contributed by atoms with Gasteiger partial charge in [-0.25, -0.2) is 0 Å². The Bertz CT molecular complexity index is 1420. The Hall–Kier alpha value is -3.65. The molecule has 1 amide bonds. The molecule has 5 nitrogen and oxygen atoms in total. The number of nitrogens with zero attached hydrogens (tertiary/aromatic N) is 1. The zero-order chi connectivity index (χ0) is 28.7. The third-order valence-electron chi connectivity index (χ3n) is 6.66. The number of halogens is 1. The van der Waals surface area contributed by atoms with Gasteiger partial charge in [0.05, 0.1) is 0 Å². The molecule has 0 heterocycles. The molecule has 4 rings (SSSR count). The van der Waals surface area contributed by atoms with Crippen LogP contribution in [0.25, 0.3) is 0 Å². The fraction of sp³-hybridized carbons (Fsp3) is 0.235. The van der Waals surface area contributed by atoms with Crippen molar-refractivity contribution in [3.8, 4) is 11.5 Å². The van der Waals surface area contributed by atoms with Crippen molar-refractivity contribution < 1.29 is 19.1 Å². The summed E-state index contributed by atoms with van der Waals surface area (Å²) in [4.78, 5) is 27.9. The van der Waals surface area contributed by atoms with Gasteiger partial charge in [0.2, 0.25) is 0 Å². The molecule has 40 heavy (non-hydrogen) atoms. The molecule has 0 saturated carbocycles. The number of carbonyl (C=O) groups excluding carboxylic acids is 2. The molecule has 0 spiro atoms. The molecule has 0 unspecified atom stereocenters. The second kappa shape index (κ2) is 13.1. The first-order valence-electron chi connectivity index (χ1n) is 13.3. The first kappa shape index (κ1) is 29.3. The predicted molar refractivity (Wildman–Crippen MR) is 167 cm³/mol. The minimum atomic E-state index is -1.10. The highest BCUT2D eigenvalue weighted by molar-refractivity contribution is 14.1. The molecule has 4 aromatic rings. The van der Waals surface area contributed by atoms with Crippen molar-refractivity contribution in [3.63, 3.8) is 0 Å². The third kappa shape index (κ3) is 7.72. The maximum atomic E-state index is 13.4. The molecule has 0 saturated heterocycles. The number of carbonyl (C=O) groups is 2. The lowest BCUT2D eigenvalue weighted by Gasteiger charge is -2.31. The van der Waals surface area contributed by atoms with Gasteiger partial charge in [0, 0.05) is 34.7 Å². The summed E-state index contributed by atoms with van der Waals surface area (Å²) < 4.78 is 13.5. The van der Waals surface area contributed by atoms with Gasteiger partial charge in [-0.15, -0.1) is 0 Å². The summed E-state index contributed by atoms with van der Waals surface area (Å²) in [5.41, 5.74) is 2.32. The van der Waals surface area contributed by atoms with E-state index in [9.17, 15) is 9.59 Å². The third-order valence-corrected chi connectivity index (χ3v) is 7.37. The summed E-state index contributed by atoms with van der Waals surface area (Å²) in [6.07, 6.45) is 0.410. The monoisotopic (exact) mass is 647 g/mol. The van der Waals surface area contributed by atoms with Crippen LogP contribution in [-0.2, 0) is 4.79 Å². The van der Waals surface area contributed by atoms with E-state index >= 15 is 0 Å². The van der Waals surface area contributed by atoms with E-state index in [2.05, 4.69) is 22.6 Å². The van der Waals surface area contributed by atoms with Crippen LogP contribution in [0.5, 0.6) is 11.5 Å². The summed E-state index contributed by atoms with van der Waals surface area (Å²) >= 11 is 2.21. The number of benzene rings is 4. The Morgan fingerprint density at radius 2 is 1.35 bits per heavy atom. The Kier molecular flexibility index (Phi) is 9.63. The maximum absolute atomic E-state index is 13.4. The number of ether oxygens (including phenoxy) is 2. The number of likely N-dealkylation sites (N-methyl/N-ethyl adjacent to an activating group) is 1. The largest absolute Gasteiger partial charge is 0.486 e. The van der Waals surface area contributed by atoms with Gasteiger partial charge in [-0.2, -0.15) is 0 Å². The molecule has 0 fully saturated rings. The van der Waals surface area contributed by atoms with E-state index in [1.165, 1.54) is 5.56 Å². The highest BCUT2D eigenvalue weighted by Crippen LogP contribution is 2.27. The highest BCUT2D eigenvalue weighted by Gasteiger charge is 2.33. The van der Waals surface area contributed by atoms with Crippen LogP contribution in [0.15, 0.2) is 103 Å². The van der Waals surface area contributed by atoms with E-state index in [-0.39, 0.29) is 17.8 Å². The first-order valence-corrected chi connectivity index (χ1v) is 14.3. The van der Waals surface area contributed by atoms with Crippen molar-refractivity contribution >= 4 is 34.3 Å². The van der Waals surface area contributed by atoms with Crippen molar-refractivity contribution in [1.29, 1.82) is 0 Å². The van der Waals surface area contributed by atoms with Gasteiger partial charge in [0.15, 0.2) is 11.4 Å². The van der Waals surface area contributed by atoms with Crippen LogP contribution in [0.1, 0.15) is 53.4 Å². The molecule has 0 aliphatic rings. The molecule has 0 bridgehead atoms. The number of rotatable bonds is 11. The number of hydrogen-bond donors (Lipinski definition) is 0. The van der Waals surface area contributed by atoms with Gasteiger partial charge < -0.3 is 14.4 Å². The Balaban J connectivity index is 1.38. The molecular formula is C34H34INO4. The molecular weight excluding hydrogens is 613 g/mol. The van der Waals surface area contributed by atoms with Crippen molar-refractivity contribution in [2.24, 2.45) is 0 Å². The second-order valence-corrected chi connectivity index (χ2v) is 11.6. The van der Waals surface area contributed by atoms with Crippen LogP contribution in [0.2, 0.25) is 0 Å². The normalized spacial score (nSPS) is 11.9. The first-order chi connectivity index (χ1) is 19.1. The van der Waals surface area contributed by atoms with Crippen LogP contribution >= 0.6 is 22.6 Å². The zero-order valence-electron chi connectivity index (χ0n) is 23.3. The highest BCUT2D eigenvalue weighted by atomic mass is 127. The van der Waals surface area contributed by atoms with Crippen LogP contribution in [0, 0.1) is 10.5 Å². The second-order valence-electron chi connectivity index (χ2n) is 10.3. The van der Waals surface area contributed by atoms with E-state index < -0.39 is 5.60 Å². The van der Waals surface area contributed by atoms with Gasteiger partial charge in [-0.1, -0.05) is 48.0 Å². The van der Waals surface area contributed by atoms with E-state index in [0.29, 0.717) is 29.8 Å². The Morgan fingerprint density at radius 1 is 0.800 bits per heavy atom. The van der Waals surface area contributed by atoms with E-state index in [0.717, 1.165) is 14.9 Å². The fourth-order valence-corrected chi connectivity index (χ4v) is 4.75. The Morgan fingerprint density at radius 3 is 1.95 bits per heavy atom. The molecule has 206 valence electrons. The minimum absolute atomic E-state index is 0.0566. The quantitative estimate of drug-likeness (QED) is 0.124. The number of amides is 1. The molecule has 4 aromatic carbocycles. The van der Waals surface area contributed by atoms with Crippen LogP contribution in [-0.4, -0.2) is 35.8 Å². The molecule has 0 radical (unpaired) electrons. The smallest absolute Gasteiger partial charge is 0.265 e. The van der Waals surface area contributed by atoms with Crippen molar-refractivity contribution in [3.05, 3.63) is 129 Å². The van der Waals surface area contributed by atoms with Crippen molar-refractivity contribution in [2.75, 3.05) is 13.6 Å². The van der Waals surface area contributed by atoms with Crippen LogP contribution in [0.4, 0.5) is 0 Å².